The number of rotatable bonds is 5. The van der Waals surface area contributed by atoms with Gasteiger partial charge in [-0.3, -0.25) is 14.3 Å². The Kier molecular flexibility index (Phi) is 4.98. The maximum absolute atomic E-state index is 12.6. The van der Waals surface area contributed by atoms with Gasteiger partial charge in [-0.05, 0) is 37.2 Å². The fraction of sp³-hybridized carbons (Fsp3) is 0.737. The molecule has 0 bridgehead atoms. The van der Waals surface area contributed by atoms with E-state index in [0.717, 1.165) is 38.2 Å². The van der Waals surface area contributed by atoms with Gasteiger partial charge in [0.25, 0.3) is 0 Å². The minimum absolute atomic E-state index is 0.0389. The van der Waals surface area contributed by atoms with Crippen LogP contribution in [0.25, 0.3) is 0 Å². The Hall–Kier alpha value is -1.89. The predicted molar refractivity (Wildman–Crippen MR) is 95.1 cm³/mol. The van der Waals surface area contributed by atoms with Crippen molar-refractivity contribution in [1.82, 2.24) is 20.0 Å². The second-order valence-electron chi connectivity index (χ2n) is 8.02. The standard InChI is InChI=1S/C19H28N4O3/c1-13-8-17(13)19(25)22-11-15-2-5-21-23(15)16(12-22)9-18(24)20-10-14-3-6-26-7-4-14/h2,5,13-14,16-17H,3-4,6-12H2,1H3,(H,20,24)/t13-,16-,17+/m1/s1. The number of nitrogens with zero attached hydrogens (tertiary/aromatic N) is 3. The molecule has 2 fully saturated rings. The van der Waals surface area contributed by atoms with Crippen LogP contribution in [0.1, 0.15) is 44.3 Å². The van der Waals surface area contributed by atoms with Crippen LogP contribution < -0.4 is 5.32 Å². The Balaban J connectivity index is 1.35. The zero-order chi connectivity index (χ0) is 18.1. The van der Waals surface area contributed by atoms with E-state index in [1.54, 1.807) is 6.20 Å². The molecule has 3 aliphatic rings. The fourth-order valence-electron chi connectivity index (χ4n) is 4.10. The highest BCUT2D eigenvalue weighted by Crippen LogP contribution is 2.40. The van der Waals surface area contributed by atoms with Gasteiger partial charge in [-0.15, -0.1) is 0 Å². The largest absolute Gasteiger partial charge is 0.381 e. The summed E-state index contributed by atoms with van der Waals surface area (Å²) < 4.78 is 7.29. The minimum Gasteiger partial charge on any atom is -0.381 e. The molecule has 1 aliphatic carbocycles. The summed E-state index contributed by atoms with van der Waals surface area (Å²) in [6.07, 6.45) is 5.13. The van der Waals surface area contributed by atoms with Gasteiger partial charge in [-0.1, -0.05) is 6.92 Å². The van der Waals surface area contributed by atoms with E-state index in [1.165, 1.54) is 0 Å². The van der Waals surface area contributed by atoms with E-state index in [4.69, 9.17) is 4.74 Å². The average molecular weight is 360 g/mol. The molecule has 0 spiro atoms. The van der Waals surface area contributed by atoms with Crippen LogP contribution in [0, 0.1) is 17.8 Å². The predicted octanol–water partition coefficient (Wildman–Crippen LogP) is 1.36. The van der Waals surface area contributed by atoms with Crippen molar-refractivity contribution in [2.75, 3.05) is 26.3 Å². The Morgan fingerprint density at radius 3 is 2.85 bits per heavy atom. The summed E-state index contributed by atoms with van der Waals surface area (Å²) in [5.74, 6) is 1.45. The van der Waals surface area contributed by atoms with Gasteiger partial charge in [-0.25, -0.2) is 0 Å². The van der Waals surface area contributed by atoms with E-state index in [9.17, 15) is 9.59 Å². The monoisotopic (exact) mass is 360 g/mol. The van der Waals surface area contributed by atoms with Gasteiger partial charge in [0.2, 0.25) is 11.8 Å². The zero-order valence-electron chi connectivity index (χ0n) is 15.4. The molecular formula is C19H28N4O3. The maximum Gasteiger partial charge on any atom is 0.226 e. The molecule has 1 N–H and O–H groups in total. The first-order valence-corrected chi connectivity index (χ1v) is 9.77. The molecule has 0 unspecified atom stereocenters. The van der Waals surface area contributed by atoms with Crippen LogP contribution in [0.15, 0.2) is 12.3 Å². The van der Waals surface area contributed by atoms with Crippen LogP contribution in [0.4, 0.5) is 0 Å². The molecule has 4 rings (SSSR count). The van der Waals surface area contributed by atoms with Gasteiger partial charge in [0.05, 0.1) is 24.7 Å². The molecule has 2 aliphatic heterocycles. The summed E-state index contributed by atoms with van der Waals surface area (Å²) in [5.41, 5.74) is 1.01. The van der Waals surface area contributed by atoms with Gasteiger partial charge in [0, 0.05) is 38.4 Å². The number of carbonyl (C=O) groups is 2. The molecular weight excluding hydrogens is 332 g/mol. The van der Waals surface area contributed by atoms with Gasteiger partial charge in [0.15, 0.2) is 0 Å². The van der Waals surface area contributed by atoms with Gasteiger partial charge in [0.1, 0.15) is 0 Å². The molecule has 1 saturated carbocycles. The molecule has 26 heavy (non-hydrogen) atoms. The van der Waals surface area contributed by atoms with E-state index in [0.29, 0.717) is 37.9 Å². The lowest BCUT2D eigenvalue weighted by atomic mass is 10.0. The molecule has 7 heteroatoms. The summed E-state index contributed by atoms with van der Waals surface area (Å²) in [5, 5.41) is 7.46. The van der Waals surface area contributed by atoms with Crippen LogP contribution >= 0.6 is 0 Å². The van der Waals surface area contributed by atoms with Crippen molar-refractivity contribution in [2.45, 2.75) is 45.2 Å². The van der Waals surface area contributed by atoms with Crippen LogP contribution in [0.3, 0.4) is 0 Å². The van der Waals surface area contributed by atoms with E-state index >= 15 is 0 Å². The van der Waals surface area contributed by atoms with Crippen LogP contribution in [0.2, 0.25) is 0 Å². The average Bonchev–Trinajstić information content (AvgIpc) is 3.18. The Bertz CT molecular complexity index is 667. The van der Waals surface area contributed by atoms with E-state index in [2.05, 4.69) is 17.3 Å². The number of ether oxygens (including phenoxy) is 1. The summed E-state index contributed by atoms with van der Waals surface area (Å²) in [7, 11) is 0. The summed E-state index contributed by atoms with van der Waals surface area (Å²) in [6.45, 7) is 5.58. The highest BCUT2D eigenvalue weighted by molar-refractivity contribution is 5.82. The van der Waals surface area contributed by atoms with Crippen molar-refractivity contribution in [3.63, 3.8) is 0 Å². The first kappa shape index (κ1) is 17.5. The number of carbonyl (C=O) groups excluding carboxylic acids is 2. The summed E-state index contributed by atoms with van der Waals surface area (Å²) >= 11 is 0. The molecule has 142 valence electrons. The third-order valence-electron chi connectivity index (χ3n) is 5.97. The van der Waals surface area contributed by atoms with Gasteiger partial charge < -0.3 is 15.0 Å². The van der Waals surface area contributed by atoms with Crippen molar-refractivity contribution >= 4 is 11.8 Å². The number of hydrogen-bond donors (Lipinski definition) is 1. The molecule has 1 saturated heterocycles. The Labute approximate surface area is 154 Å². The third kappa shape index (κ3) is 3.77. The Morgan fingerprint density at radius 2 is 2.12 bits per heavy atom. The molecule has 3 heterocycles. The molecule has 1 aromatic rings. The lowest BCUT2D eigenvalue weighted by Gasteiger charge is -2.34. The van der Waals surface area contributed by atoms with Crippen LogP contribution in [-0.2, 0) is 20.9 Å². The van der Waals surface area contributed by atoms with E-state index < -0.39 is 0 Å². The third-order valence-corrected chi connectivity index (χ3v) is 5.97. The summed E-state index contributed by atoms with van der Waals surface area (Å²) in [6, 6.07) is 1.87. The van der Waals surface area contributed by atoms with Crippen molar-refractivity contribution in [2.24, 2.45) is 17.8 Å². The second-order valence-corrected chi connectivity index (χ2v) is 8.02. The molecule has 0 aromatic carbocycles. The molecule has 2 amide bonds. The lowest BCUT2D eigenvalue weighted by molar-refractivity contribution is -0.136. The second kappa shape index (κ2) is 7.39. The number of nitrogens with one attached hydrogen (secondary N) is 1. The van der Waals surface area contributed by atoms with Gasteiger partial charge >= 0.3 is 0 Å². The quantitative estimate of drug-likeness (QED) is 0.860. The van der Waals surface area contributed by atoms with Crippen molar-refractivity contribution in [3.8, 4) is 0 Å². The van der Waals surface area contributed by atoms with Crippen molar-refractivity contribution in [1.29, 1.82) is 0 Å². The summed E-state index contributed by atoms with van der Waals surface area (Å²) in [4.78, 5) is 27.0. The van der Waals surface area contributed by atoms with Crippen molar-refractivity contribution < 1.29 is 14.3 Å². The van der Waals surface area contributed by atoms with Crippen LogP contribution in [0.5, 0.6) is 0 Å². The highest BCUT2D eigenvalue weighted by Gasteiger charge is 2.43. The molecule has 0 radical (unpaired) electrons. The van der Waals surface area contributed by atoms with E-state index in [-0.39, 0.29) is 23.8 Å². The molecule has 3 atom stereocenters. The number of amides is 2. The molecule has 7 nitrogen and oxygen atoms in total. The maximum atomic E-state index is 12.6. The van der Waals surface area contributed by atoms with E-state index in [1.807, 2.05) is 15.6 Å². The SMILES string of the molecule is C[C@@H]1C[C@@H]1C(=O)N1Cc2ccnn2[C@H](CC(=O)NCC2CCOCC2)C1. The fourth-order valence-corrected chi connectivity index (χ4v) is 4.10. The first-order valence-electron chi connectivity index (χ1n) is 9.77. The van der Waals surface area contributed by atoms with Crippen molar-refractivity contribution in [3.05, 3.63) is 18.0 Å². The lowest BCUT2D eigenvalue weighted by Crippen LogP contribution is -2.44. The minimum atomic E-state index is -0.0820. The van der Waals surface area contributed by atoms with Crippen LogP contribution in [-0.4, -0.2) is 52.8 Å². The topological polar surface area (TPSA) is 76.5 Å². The number of aromatic nitrogens is 2. The number of hydrogen-bond acceptors (Lipinski definition) is 4. The Morgan fingerprint density at radius 1 is 1.35 bits per heavy atom. The highest BCUT2D eigenvalue weighted by atomic mass is 16.5. The zero-order valence-corrected chi connectivity index (χ0v) is 15.4. The molecule has 1 aromatic heterocycles. The first-order chi connectivity index (χ1) is 12.6. The van der Waals surface area contributed by atoms with Gasteiger partial charge in [-0.2, -0.15) is 5.10 Å². The normalized spacial score (nSPS) is 28.5. The number of fused-ring (bicyclic) bond motifs is 1. The smallest absolute Gasteiger partial charge is 0.226 e.